The molecular weight excluding hydrogens is 323 g/mol. The number of ether oxygens (including phenoxy) is 1. The molecule has 5 nitrogen and oxygen atoms in total. The van der Waals surface area contributed by atoms with Crippen molar-refractivity contribution in [3.8, 4) is 5.75 Å². The van der Waals surface area contributed by atoms with Crippen molar-refractivity contribution in [1.82, 2.24) is 10.6 Å². The van der Waals surface area contributed by atoms with Gasteiger partial charge in [-0.25, -0.2) is 4.39 Å². The Morgan fingerprint density at radius 1 is 1.20 bits per heavy atom. The molecule has 6 heteroatoms. The van der Waals surface area contributed by atoms with Gasteiger partial charge in [0.1, 0.15) is 0 Å². The summed E-state index contributed by atoms with van der Waals surface area (Å²) in [5.41, 5.74) is 2.07. The highest BCUT2D eigenvalue weighted by Crippen LogP contribution is 2.21. The van der Waals surface area contributed by atoms with E-state index in [4.69, 9.17) is 4.74 Å². The zero-order valence-corrected chi connectivity index (χ0v) is 14.4. The molecular formula is C19H21FN2O3. The van der Waals surface area contributed by atoms with E-state index in [0.717, 1.165) is 5.56 Å². The van der Waals surface area contributed by atoms with E-state index in [2.05, 4.69) is 10.6 Å². The summed E-state index contributed by atoms with van der Waals surface area (Å²) < 4.78 is 18.6. The molecule has 25 heavy (non-hydrogen) atoms. The van der Waals surface area contributed by atoms with Crippen LogP contribution in [0.2, 0.25) is 0 Å². The van der Waals surface area contributed by atoms with Crippen molar-refractivity contribution in [2.75, 3.05) is 13.7 Å². The number of benzene rings is 2. The smallest absolute Gasteiger partial charge is 0.251 e. The molecule has 0 fully saturated rings. The lowest BCUT2D eigenvalue weighted by Gasteiger charge is -2.15. The number of hydrogen-bond acceptors (Lipinski definition) is 3. The number of amides is 2. The highest BCUT2D eigenvalue weighted by atomic mass is 19.1. The molecule has 2 aromatic carbocycles. The van der Waals surface area contributed by atoms with Gasteiger partial charge >= 0.3 is 0 Å². The van der Waals surface area contributed by atoms with E-state index in [1.807, 2.05) is 13.0 Å². The quantitative estimate of drug-likeness (QED) is 0.847. The minimum atomic E-state index is -0.492. The Kier molecular flexibility index (Phi) is 6.11. The lowest BCUT2D eigenvalue weighted by Crippen LogP contribution is -2.38. The fourth-order valence-electron chi connectivity index (χ4n) is 2.38. The Labute approximate surface area is 146 Å². The predicted octanol–water partition coefficient (Wildman–Crippen LogP) is 2.75. The van der Waals surface area contributed by atoms with Crippen LogP contribution >= 0.6 is 0 Å². The molecule has 0 unspecified atom stereocenters. The maximum Gasteiger partial charge on any atom is 0.251 e. The zero-order chi connectivity index (χ0) is 18.4. The molecule has 0 saturated carbocycles. The van der Waals surface area contributed by atoms with Crippen molar-refractivity contribution < 1.29 is 18.7 Å². The summed E-state index contributed by atoms with van der Waals surface area (Å²) in [5.74, 6) is -1.02. The van der Waals surface area contributed by atoms with E-state index in [-0.39, 0.29) is 24.1 Å². The van der Waals surface area contributed by atoms with Crippen LogP contribution < -0.4 is 15.4 Å². The SMILES string of the molecule is COc1ccc([C@H](C)NC(=O)CNC(=O)c2cccc(C)c2)cc1F. The maximum atomic E-state index is 13.7. The summed E-state index contributed by atoms with van der Waals surface area (Å²) in [6.45, 7) is 3.47. The summed E-state index contributed by atoms with van der Waals surface area (Å²) in [6.07, 6.45) is 0. The summed E-state index contributed by atoms with van der Waals surface area (Å²) in [5, 5.41) is 5.29. The highest BCUT2D eigenvalue weighted by molar-refractivity contribution is 5.96. The second-order valence-electron chi connectivity index (χ2n) is 5.74. The lowest BCUT2D eigenvalue weighted by molar-refractivity contribution is -0.120. The first-order chi connectivity index (χ1) is 11.9. The van der Waals surface area contributed by atoms with Crippen LogP contribution in [-0.2, 0) is 4.79 Å². The Balaban J connectivity index is 1.89. The van der Waals surface area contributed by atoms with Gasteiger partial charge in [0.2, 0.25) is 5.91 Å². The second kappa shape index (κ2) is 8.28. The van der Waals surface area contributed by atoms with Crippen molar-refractivity contribution in [2.24, 2.45) is 0 Å². The fourth-order valence-corrected chi connectivity index (χ4v) is 2.38. The first-order valence-electron chi connectivity index (χ1n) is 7.88. The molecule has 2 rings (SSSR count). The summed E-state index contributed by atoms with van der Waals surface area (Å²) >= 11 is 0. The van der Waals surface area contributed by atoms with Gasteiger partial charge in [-0.1, -0.05) is 23.8 Å². The van der Waals surface area contributed by atoms with E-state index in [0.29, 0.717) is 11.1 Å². The van der Waals surface area contributed by atoms with Gasteiger partial charge in [0.15, 0.2) is 11.6 Å². The van der Waals surface area contributed by atoms with Gasteiger partial charge in [-0.15, -0.1) is 0 Å². The van der Waals surface area contributed by atoms with E-state index in [9.17, 15) is 14.0 Å². The molecule has 0 radical (unpaired) electrons. The lowest BCUT2D eigenvalue weighted by atomic mass is 10.1. The number of aryl methyl sites for hydroxylation is 1. The summed E-state index contributed by atoms with van der Waals surface area (Å²) in [7, 11) is 1.39. The average Bonchev–Trinajstić information content (AvgIpc) is 2.59. The Hall–Kier alpha value is -2.89. The summed E-state index contributed by atoms with van der Waals surface area (Å²) in [6, 6.07) is 11.2. The molecule has 0 bridgehead atoms. The molecule has 2 amide bonds. The number of rotatable bonds is 6. The molecule has 1 atom stereocenters. The normalized spacial score (nSPS) is 11.5. The third kappa shape index (κ3) is 5.04. The highest BCUT2D eigenvalue weighted by Gasteiger charge is 2.13. The van der Waals surface area contributed by atoms with E-state index >= 15 is 0 Å². The van der Waals surface area contributed by atoms with Crippen LogP contribution in [0.1, 0.15) is 34.5 Å². The Bertz CT molecular complexity index is 777. The third-order valence-corrected chi connectivity index (χ3v) is 3.74. The Morgan fingerprint density at radius 3 is 2.60 bits per heavy atom. The van der Waals surface area contributed by atoms with E-state index in [1.165, 1.54) is 19.2 Å². The zero-order valence-electron chi connectivity index (χ0n) is 14.4. The number of carbonyl (C=O) groups excluding carboxylic acids is 2. The number of halogens is 1. The fraction of sp³-hybridized carbons (Fsp3) is 0.263. The van der Waals surface area contributed by atoms with Gasteiger partial charge in [-0.2, -0.15) is 0 Å². The predicted molar refractivity (Wildman–Crippen MR) is 93.0 cm³/mol. The van der Waals surface area contributed by atoms with Gasteiger partial charge in [0.05, 0.1) is 19.7 Å². The maximum absolute atomic E-state index is 13.7. The van der Waals surface area contributed by atoms with Crippen LogP contribution in [-0.4, -0.2) is 25.5 Å². The first kappa shape index (κ1) is 18.4. The largest absolute Gasteiger partial charge is 0.494 e. The minimum absolute atomic E-state index is 0.146. The molecule has 0 aliphatic rings. The van der Waals surface area contributed by atoms with Gasteiger partial charge in [0.25, 0.3) is 5.91 Å². The first-order valence-corrected chi connectivity index (χ1v) is 7.88. The molecule has 132 valence electrons. The van der Waals surface area contributed by atoms with Crippen molar-refractivity contribution >= 4 is 11.8 Å². The molecule has 0 spiro atoms. The second-order valence-corrected chi connectivity index (χ2v) is 5.74. The topological polar surface area (TPSA) is 67.4 Å². The van der Waals surface area contributed by atoms with Crippen molar-refractivity contribution in [3.05, 3.63) is 65.0 Å². The van der Waals surface area contributed by atoms with Crippen LogP contribution in [0.15, 0.2) is 42.5 Å². The number of methoxy groups -OCH3 is 1. The van der Waals surface area contributed by atoms with Gasteiger partial charge < -0.3 is 15.4 Å². The average molecular weight is 344 g/mol. The molecule has 0 heterocycles. The van der Waals surface area contributed by atoms with Gasteiger partial charge in [0, 0.05) is 5.56 Å². The molecule has 0 aliphatic heterocycles. The van der Waals surface area contributed by atoms with Crippen molar-refractivity contribution in [1.29, 1.82) is 0 Å². The van der Waals surface area contributed by atoms with Crippen LogP contribution in [0.5, 0.6) is 5.75 Å². The summed E-state index contributed by atoms with van der Waals surface area (Å²) in [4.78, 5) is 24.0. The standard InChI is InChI=1S/C19H21FN2O3/c1-12-5-4-6-15(9-12)19(24)21-11-18(23)22-13(2)14-7-8-17(25-3)16(20)10-14/h4-10,13H,11H2,1-3H3,(H,21,24)(H,22,23)/t13-/m0/s1. The molecule has 2 N–H and O–H groups in total. The van der Waals surface area contributed by atoms with Crippen LogP contribution in [0.3, 0.4) is 0 Å². The van der Waals surface area contributed by atoms with E-state index < -0.39 is 11.9 Å². The molecule has 0 aliphatic carbocycles. The van der Waals surface area contributed by atoms with Crippen LogP contribution in [0.25, 0.3) is 0 Å². The molecule has 2 aromatic rings. The van der Waals surface area contributed by atoms with Crippen molar-refractivity contribution in [3.63, 3.8) is 0 Å². The van der Waals surface area contributed by atoms with Gasteiger partial charge in [-0.3, -0.25) is 9.59 Å². The van der Waals surface area contributed by atoms with E-state index in [1.54, 1.807) is 31.2 Å². The van der Waals surface area contributed by atoms with Crippen molar-refractivity contribution in [2.45, 2.75) is 19.9 Å². The van der Waals surface area contributed by atoms with Gasteiger partial charge in [-0.05, 0) is 43.7 Å². The van der Waals surface area contributed by atoms with Crippen LogP contribution in [0.4, 0.5) is 4.39 Å². The molecule has 0 saturated heterocycles. The Morgan fingerprint density at radius 2 is 1.96 bits per heavy atom. The molecule has 0 aromatic heterocycles. The van der Waals surface area contributed by atoms with Crippen LogP contribution in [0, 0.1) is 12.7 Å². The number of carbonyl (C=O) groups is 2. The number of hydrogen-bond donors (Lipinski definition) is 2. The minimum Gasteiger partial charge on any atom is -0.494 e. The monoisotopic (exact) mass is 344 g/mol. The number of nitrogens with one attached hydrogen (secondary N) is 2. The third-order valence-electron chi connectivity index (χ3n) is 3.74.